The number of nitrogens with one attached hydrogen (secondary N) is 1. The molecule has 30 heavy (non-hydrogen) atoms. The number of benzene rings is 1. The molecule has 0 spiro atoms. The minimum Gasteiger partial charge on any atom is -0.497 e. The van der Waals surface area contributed by atoms with E-state index in [4.69, 9.17) is 4.74 Å². The highest BCUT2D eigenvalue weighted by molar-refractivity contribution is 7.09. The van der Waals surface area contributed by atoms with Gasteiger partial charge in [-0.15, -0.1) is 0 Å². The molecule has 8 heteroatoms. The number of nitrogens with zero attached hydrogens (tertiary/aromatic N) is 4. The Kier molecular flexibility index (Phi) is 10.0. The quantitative estimate of drug-likeness (QED) is 0.523. The molecule has 0 saturated heterocycles. The van der Waals surface area contributed by atoms with Crippen LogP contribution in [0.5, 0.6) is 5.75 Å². The average molecular weight is 434 g/mol. The maximum atomic E-state index is 12.4. The van der Waals surface area contributed by atoms with E-state index in [2.05, 4.69) is 40.3 Å². The van der Waals surface area contributed by atoms with Crippen LogP contribution in [0.4, 0.5) is 5.13 Å². The summed E-state index contributed by atoms with van der Waals surface area (Å²) >= 11 is 1.32. The van der Waals surface area contributed by atoms with E-state index in [9.17, 15) is 4.79 Å². The molecule has 1 amide bonds. The molecule has 0 saturated carbocycles. The molecule has 2 rings (SSSR count). The zero-order valence-corrected chi connectivity index (χ0v) is 19.7. The van der Waals surface area contributed by atoms with Crippen molar-refractivity contribution in [2.75, 3.05) is 45.2 Å². The lowest BCUT2D eigenvalue weighted by Gasteiger charge is -2.21. The highest BCUT2D eigenvalue weighted by Gasteiger charge is 2.14. The topological polar surface area (TPSA) is 70.6 Å². The van der Waals surface area contributed by atoms with Gasteiger partial charge in [0.25, 0.3) is 0 Å². The molecular formula is C22H35N5O2S. The number of hydrogen-bond acceptors (Lipinski definition) is 7. The summed E-state index contributed by atoms with van der Waals surface area (Å²) in [6.45, 7) is 9.92. The Labute approximate surface area is 184 Å². The predicted molar refractivity (Wildman–Crippen MR) is 124 cm³/mol. The third kappa shape index (κ3) is 7.91. The Morgan fingerprint density at radius 3 is 2.77 bits per heavy atom. The van der Waals surface area contributed by atoms with Gasteiger partial charge in [-0.2, -0.15) is 4.37 Å². The summed E-state index contributed by atoms with van der Waals surface area (Å²) in [6, 6.07) is 8.06. The van der Waals surface area contributed by atoms with Crippen LogP contribution in [-0.4, -0.2) is 66.5 Å². The fourth-order valence-electron chi connectivity index (χ4n) is 3.27. The summed E-state index contributed by atoms with van der Waals surface area (Å²) in [4.78, 5) is 21.2. The number of rotatable bonds is 13. The number of aromatic nitrogens is 2. The van der Waals surface area contributed by atoms with Gasteiger partial charge in [0.2, 0.25) is 11.0 Å². The van der Waals surface area contributed by atoms with Gasteiger partial charge < -0.3 is 19.9 Å². The van der Waals surface area contributed by atoms with Gasteiger partial charge in [0, 0.05) is 31.0 Å². The zero-order valence-electron chi connectivity index (χ0n) is 18.9. The first-order chi connectivity index (χ1) is 14.4. The molecule has 1 aromatic carbocycles. The fraction of sp³-hybridized carbons (Fsp3) is 0.591. The Morgan fingerprint density at radius 1 is 1.30 bits per heavy atom. The second-order valence-electron chi connectivity index (χ2n) is 7.52. The number of hydrogen-bond donors (Lipinski definition) is 1. The molecular weight excluding hydrogens is 398 g/mol. The van der Waals surface area contributed by atoms with Gasteiger partial charge in [-0.3, -0.25) is 4.79 Å². The Bertz CT molecular complexity index is 778. The summed E-state index contributed by atoms with van der Waals surface area (Å²) in [5.41, 5.74) is 1.10. The van der Waals surface area contributed by atoms with Gasteiger partial charge in [0.05, 0.1) is 13.7 Å². The van der Waals surface area contributed by atoms with Crippen molar-refractivity contribution in [2.24, 2.45) is 0 Å². The molecule has 0 unspecified atom stereocenters. The standard InChI is InChI=1S/C22H35N5O2S/c1-6-27(7-2)13-9-10-17(3)23-21(28)16-26(4)22-24-20(25-30-22)15-18-11-8-12-19(14-18)29-5/h8,11-12,14,17H,6-7,9-10,13,15-16H2,1-5H3,(H,23,28)/t17-/m0/s1. The number of ether oxygens (including phenoxy) is 1. The van der Waals surface area contributed by atoms with Crippen LogP contribution in [0.15, 0.2) is 24.3 Å². The highest BCUT2D eigenvalue weighted by atomic mass is 32.1. The lowest BCUT2D eigenvalue weighted by atomic mass is 10.1. The van der Waals surface area contributed by atoms with Gasteiger partial charge >= 0.3 is 0 Å². The van der Waals surface area contributed by atoms with Crippen molar-refractivity contribution in [3.63, 3.8) is 0 Å². The molecule has 1 atom stereocenters. The number of anilines is 1. The van der Waals surface area contributed by atoms with E-state index in [-0.39, 0.29) is 18.5 Å². The van der Waals surface area contributed by atoms with Crippen LogP contribution in [0.2, 0.25) is 0 Å². The maximum absolute atomic E-state index is 12.4. The molecule has 2 aromatic rings. The van der Waals surface area contributed by atoms with Crippen LogP contribution in [-0.2, 0) is 11.2 Å². The molecule has 0 radical (unpaired) electrons. The summed E-state index contributed by atoms with van der Waals surface area (Å²) in [5.74, 6) is 1.58. The van der Waals surface area contributed by atoms with E-state index in [1.165, 1.54) is 11.5 Å². The molecule has 1 N–H and O–H groups in total. The molecule has 1 heterocycles. The summed E-state index contributed by atoms with van der Waals surface area (Å²) in [6.07, 6.45) is 2.70. The smallest absolute Gasteiger partial charge is 0.239 e. The SMILES string of the molecule is CCN(CC)CCC[C@H](C)NC(=O)CN(C)c1nc(Cc2cccc(OC)c2)ns1. The van der Waals surface area contributed by atoms with Crippen molar-refractivity contribution in [3.8, 4) is 5.75 Å². The second kappa shape index (κ2) is 12.5. The second-order valence-corrected chi connectivity index (χ2v) is 8.25. The van der Waals surface area contributed by atoms with Gasteiger partial charge in [-0.25, -0.2) is 4.98 Å². The number of carbonyl (C=O) groups excluding carboxylic acids is 1. The summed E-state index contributed by atoms with van der Waals surface area (Å²) < 4.78 is 9.71. The molecule has 0 bridgehead atoms. The first-order valence-electron chi connectivity index (χ1n) is 10.6. The average Bonchev–Trinajstić information content (AvgIpc) is 3.20. The van der Waals surface area contributed by atoms with E-state index in [0.717, 1.165) is 54.7 Å². The van der Waals surface area contributed by atoms with Crippen LogP contribution in [0.25, 0.3) is 0 Å². The largest absolute Gasteiger partial charge is 0.497 e. The molecule has 0 aliphatic carbocycles. The lowest BCUT2D eigenvalue weighted by Crippen LogP contribution is -2.40. The summed E-state index contributed by atoms with van der Waals surface area (Å²) in [7, 11) is 3.53. The van der Waals surface area contributed by atoms with E-state index in [1.54, 1.807) is 7.11 Å². The first kappa shape index (κ1) is 24.1. The minimum atomic E-state index is 0.0115. The molecule has 0 fully saturated rings. The minimum absolute atomic E-state index is 0.0115. The van der Waals surface area contributed by atoms with E-state index in [1.807, 2.05) is 36.2 Å². The van der Waals surface area contributed by atoms with E-state index in [0.29, 0.717) is 6.42 Å². The van der Waals surface area contributed by atoms with Gasteiger partial charge in [-0.1, -0.05) is 26.0 Å². The summed E-state index contributed by atoms with van der Waals surface area (Å²) in [5, 5.41) is 3.84. The van der Waals surface area contributed by atoms with Gasteiger partial charge in [-0.05, 0) is 57.1 Å². The Hall–Kier alpha value is -2.19. The molecule has 0 aliphatic rings. The molecule has 7 nitrogen and oxygen atoms in total. The molecule has 166 valence electrons. The van der Waals surface area contributed by atoms with Crippen LogP contribution < -0.4 is 15.0 Å². The Balaban J connectivity index is 1.78. The van der Waals surface area contributed by atoms with E-state index < -0.39 is 0 Å². The first-order valence-corrected chi connectivity index (χ1v) is 11.4. The van der Waals surface area contributed by atoms with Crippen molar-refractivity contribution < 1.29 is 9.53 Å². The van der Waals surface area contributed by atoms with Crippen molar-refractivity contribution in [3.05, 3.63) is 35.7 Å². The van der Waals surface area contributed by atoms with Gasteiger partial charge in [0.1, 0.15) is 11.6 Å². The maximum Gasteiger partial charge on any atom is 0.239 e. The molecule has 1 aromatic heterocycles. The zero-order chi connectivity index (χ0) is 21.9. The fourth-order valence-corrected chi connectivity index (χ4v) is 3.92. The van der Waals surface area contributed by atoms with Crippen LogP contribution in [0.1, 0.15) is 45.0 Å². The van der Waals surface area contributed by atoms with Crippen LogP contribution in [0.3, 0.4) is 0 Å². The molecule has 0 aliphatic heterocycles. The lowest BCUT2D eigenvalue weighted by molar-refractivity contribution is -0.120. The van der Waals surface area contributed by atoms with Crippen molar-refractivity contribution >= 4 is 22.6 Å². The van der Waals surface area contributed by atoms with Crippen molar-refractivity contribution in [1.82, 2.24) is 19.6 Å². The van der Waals surface area contributed by atoms with Gasteiger partial charge in [0.15, 0.2) is 0 Å². The normalized spacial score (nSPS) is 12.1. The highest BCUT2D eigenvalue weighted by Crippen LogP contribution is 2.19. The van der Waals surface area contributed by atoms with Crippen molar-refractivity contribution in [2.45, 2.75) is 46.1 Å². The number of amides is 1. The predicted octanol–water partition coefficient (Wildman–Crippen LogP) is 3.20. The van der Waals surface area contributed by atoms with E-state index >= 15 is 0 Å². The third-order valence-electron chi connectivity index (χ3n) is 5.07. The number of carbonyl (C=O) groups is 1. The monoisotopic (exact) mass is 433 g/mol. The van der Waals surface area contributed by atoms with Crippen molar-refractivity contribution in [1.29, 1.82) is 0 Å². The third-order valence-corrected chi connectivity index (χ3v) is 5.94. The Morgan fingerprint density at radius 2 is 2.07 bits per heavy atom. The van der Waals surface area contributed by atoms with Crippen LogP contribution >= 0.6 is 11.5 Å². The number of likely N-dealkylation sites (N-methyl/N-ethyl adjacent to an activating group) is 1. The van der Waals surface area contributed by atoms with Crippen LogP contribution in [0, 0.1) is 0 Å². The number of methoxy groups -OCH3 is 1.